The SMILES string of the molecule is O=C1CCC(N2C(=O)c3cccc(NCc4ccc(CN5CC6(C5)CC(F)(F)C6)cc4)c3C2=O)C(=O)N1. The van der Waals surface area contributed by atoms with Gasteiger partial charge in [-0.1, -0.05) is 30.3 Å². The third kappa shape index (κ3) is 4.19. The Morgan fingerprint density at radius 3 is 2.32 bits per heavy atom. The summed E-state index contributed by atoms with van der Waals surface area (Å²) >= 11 is 0. The molecule has 0 bridgehead atoms. The number of amides is 4. The van der Waals surface area contributed by atoms with E-state index in [1.807, 2.05) is 24.3 Å². The highest BCUT2D eigenvalue weighted by Crippen LogP contribution is 2.56. The van der Waals surface area contributed by atoms with Crippen LogP contribution in [0.3, 0.4) is 0 Å². The Morgan fingerprint density at radius 1 is 0.946 bits per heavy atom. The van der Waals surface area contributed by atoms with Gasteiger partial charge in [0.25, 0.3) is 11.8 Å². The number of carbonyl (C=O) groups excluding carboxylic acids is 4. The first-order valence-electron chi connectivity index (χ1n) is 12.4. The normalized spacial score (nSPS) is 23.9. The summed E-state index contributed by atoms with van der Waals surface area (Å²) in [6.07, 6.45) is 0.184. The van der Waals surface area contributed by atoms with Crippen molar-refractivity contribution in [2.24, 2.45) is 5.41 Å². The fourth-order valence-corrected chi connectivity index (χ4v) is 6.16. The van der Waals surface area contributed by atoms with Gasteiger partial charge in [-0.3, -0.25) is 34.3 Å². The van der Waals surface area contributed by atoms with Crippen molar-refractivity contribution < 1.29 is 28.0 Å². The van der Waals surface area contributed by atoms with Gasteiger partial charge < -0.3 is 5.32 Å². The van der Waals surface area contributed by atoms with Crippen molar-refractivity contribution in [2.75, 3.05) is 18.4 Å². The number of nitrogens with zero attached hydrogens (tertiary/aromatic N) is 2. The first-order valence-corrected chi connectivity index (χ1v) is 12.4. The van der Waals surface area contributed by atoms with E-state index in [1.54, 1.807) is 18.2 Å². The van der Waals surface area contributed by atoms with Crippen molar-refractivity contribution >= 4 is 29.3 Å². The van der Waals surface area contributed by atoms with Gasteiger partial charge in [-0.2, -0.15) is 0 Å². The molecule has 0 aromatic heterocycles. The third-order valence-electron chi connectivity index (χ3n) is 7.77. The van der Waals surface area contributed by atoms with E-state index in [0.29, 0.717) is 25.3 Å². The predicted molar refractivity (Wildman–Crippen MR) is 129 cm³/mol. The van der Waals surface area contributed by atoms with Crippen molar-refractivity contribution in [3.05, 3.63) is 64.7 Å². The minimum Gasteiger partial charge on any atom is -0.380 e. The molecule has 0 radical (unpaired) electrons. The number of alkyl halides is 2. The molecule has 6 rings (SSSR count). The molecule has 3 aliphatic heterocycles. The van der Waals surface area contributed by atoms with Gasteiger partial charge in [0.2, 0.25) is 17.7 Å². The van der Waals surface area contributed by atoms with Crippen molar-refractivity contribution in [3.8, 4) is 0 Å². The van der Waals surface area contributed by atoms with Gasteiger partial charge in [0.05, 0.1) is 11.1 Å². The Kier molecular flexibility index (Phi) is 5.41. The average Bonchev–Trinajstić information content (AvgIpc) is 3.07. The van der Waals surface area contributed by atoms with Crippen LogP contribution in [0.15, 0.2) is 42.5 Å². The Bertz CT molecular complexity index is 1310. The predicted octanol–water partition coefficient (Wildman–Crippen LogP) is 2.93. The van der Waals surface area contributed by atoms with Gasteiger partial charge in [0.15, 0.2) is 0 Å². The molecule has 2 aromatic rings. The van der Waals surface area contributed by atoms with Crippen molar-refractivity contribution in [1.82, 2.24) is 15.1 Å². The maximum Gasteiger partial charge on any atom is 0.264 e. The minimum atomic E-state index is -2.49. The number of rotatable bonds is 6. The standard InChI is InChI=1S/C27H26F2N4O4/c28-27(29)12-26(13-27)14-32(15-26)11-17-6-4-16(5-7-17)10-30-19-3-1-2-18-22(19)25(37)33(24(18)36)20-8-9-21(34)31-23(20)35/h1-7,20,30H,8-15H2,(H,31,34,35). The molecule has 1 atom stereocenters. The molecular formula is C27H26F2N4O4. The number of hydrogen-bond acceptors (Lipinski definition) is 6. The van der Waals surface area contributed by atoms with Gasteiger partial charge in [0, 0.05) is 56.5 Å². The zero-order valence-electron chi connectivity index (χ0n) is 20.1. The first-order chi connectivity index (χ1) is 17.6. The lowest BCUT2D eigenvalue weighted by Crippen LogP contribution is -2.65. The largest absolute Gasteiger partial charge is 0.380 e. The molecule has 8 nitrogen and oxygen atoms in total. The minimum absolute atomic E-state index is 0.00365. The molecular weight excluding hydrogens is 482 g/mol. The molecule has 2 N–H and O–H groups in total. The van der Waals surface area contributed by atoms with Crippen molar-refractivity contribution in [1.29, 1.82) is 0 Å². The highest BCUT2D eigenvalue weighted by molar-refractivity contribution is 6.25. The average molecular weight is 509 g/mol. The lowest BCUT2D eigenvalue weighted by molar-refractivity contribution is -0.214. The number of anilines is 1. The number of benzene rings is 2. The van der Waals surface area contributed by atoms with E-state index in [4.69, 9.17) is 0 Å². The number of hydrogen-bond donors (Lipinski definition) is 2. The molecule has 1 saturated carbocycles. The molecule has 10 heteroatoms. The van der Waals surface area contributed by atoms with Crippen LogP contribution in [0.1, 0.15) is 57.5 Å². The second-order valence-corrected chi connectivity index (χ2v) is 10.7. The molecule has 2 saturated heterocycles. The smallest absolute Gasteiger partial charge is 0.264 e. The van der Waals surface area contributed by atoms with E-state index in [1.165, 1.54) is 0 Å². The highest BCUT2D eigenvalue weighted by atomic mass is 19.3. The summed E-state index contributed by atoms with van der Waals surface area (Å²) in [6.45, 7) is 2.57. The number of carbonyl (C=O) groups is 4. The van der Waals surface area contributed by atoms with Crippen LogP contribution in [-0.2, 0) is 22.7 Å². The molecule has 1 unspecified atom stereocenters. The van der Waals surface area contributed by atoms with Crippen LogP contribution in [0, 0.1) is 5.41 Å². The summed E-state index contributed by atoms with van der Waals surface area (Å²) in [6, 6.07) is 11.9. The van der Waals surface area contributed by atoms with Crippen LogP contribution in [0.2, 0.25) is 0 Å². The first kappa shape index (κ1) is 23.7. The van der Waals surface area contributed by atoms with Crippen LogP contribution in [-0.4, -0.2) is 58.5 Å². The highest BCUT2D eigenvalue weighted by Gasteiger charge is 2.61. The summed E-state index contributed by atoms with van der Waals surface area (Å²) in [7, 11) is 0. The zero-order chi connectivity index (χ0) is 25.9. The van der Waals surface area contributed by atoms with Gasteiger partial charge in [0.1, 0.15) is 6.04 Å². The number of nitrogens with one attached hydrogen (secondary N) is 2. The van der Waals surface area contributed by atoms with Gasteiger partial charge in [-0.25, -0.2) is 8.78 Å². The summed E-state index contributed by atoms with van der Waals surface area (Å²) in [4.78, 5) is 53.1. The number of imide groups is 2. The van der Waals surface area contributed by atoms with E-state index in [2.05, 4.69) is 15.5 Å². The van der Waals surface area contributed by atoms with E-state index in [-0.39, 0.29) is 42.2 Å². The van der Waals surface area contributed by atoms with E-state index in [0.717, 1.165) is 22.6 Å². The maximum absolute atomic E-state index is 13.2. The second-order valence-electron chi connectivity index (χ2n) is 10.7. The lowest BCUT2D eigenvalue weighted by atomic mass is 9.61. The Balaban J connectivity index is 1.08. The van der Waals surface area contributed by atoms with Crippen molar-refractivity contribution in [3.63, 3.8) is 0 Å². The van der Waals surface area contributed by atoms with E-state index < -0.39 is 35.6 Å². The lowest BCUT2D eigenvalue weighted by Gasteiger charge is -2.58. The fraction of sp³-hybridized carbons (Fsp3) is 0.407. The number of fused-ring (bicyclic) bond motifs is 1. The van der Waals surface area contributed by atoms with E-state index >= 15 is 0 Å². The van der Waals surface area contributed by atoms with Crippen LogP contribution in [0.4, 0.5) is 14.5 Å². The molecule has 2 aromatic carbocycles. The molecule has 4 aliphatic rings. The molecule has 192 valence electrons. The van der Waals surface area contributed by atoms with Crippen LogP contribution < -0.4 is 10.6 Å². The van der Waals surface area contributed by atoms with Crippen LogP contribution >= 0.6 is 0 Å². The van der Waals surface area contributed by atoms with Crippen LogP contribution in [0.5, 0.6) is 0 Å². The monoisotopic (exact) mass is 508 g/mol. The number of halogens is 2. The van der Waals surface area contributed by atoms with Gasteiger partial charge in [-0.15, -0.1) is 0 Å². The Labute approximate surface area is 212 Å². The second kappa shape index (κ2) is 8.44. The number of likely N-dealkylation sites (tertiary alicyclic amines) is 1. The molecule has 1 spiro atoms. The maximum atomic E-state index is 13.2. The van der Waals surface area contributed by atoms with Crippen molar-refractivity contribution in [2.45, 2.75) is 50.7 Å². The summed E-state index contributed by atoms with van der Waals surface area (Å²) in [5.41, 5.74) is 2.84. The van der Waals surface area contributed by atoms with Crippen LogP contribution in [0.25, 0.3) is 0 Å². The molecule has 1 aliphatic carbocycles. The quantitative estimate of drug-likeness (QED) is 0.583. The fourth-order valence-electron chi connectivity index (χ4n) is 6.16. The summed E-state index contributed by atoms with van der Waals surface area (Å²) < 4.78 is 26.4. The Morgan fingerprint density at radius 2 is 1.65 bits per heavy atom. The topological polar surface area (TPSA) is 98.8 Å². The third-order valence-corrected chi connectivity index (χ3v) is 7.77. The molecule has 37 heavy (non-hydrogen) atoms. The van der Waals surface area contributed by atoms with E-state index in [9.17, 15) is 28.0 Å². The Hall–Kier alpha value is -3.66. The summed E-state index contributed by atoms with van der Waals surface area (Å²) in [5, 5.41) is 5.43. The molecule has 4 amide bonds. The zero-order valence-corrected chi connectivity index (χ0v) is 20.1. The summed E-state index contributed by atoms with van der Waals surface area (Å²) in [5.74, 6) is -4.63. The molecule has 3 fully saturated rings. The van der Waals surface area contributed by atoms with Gasteiger partial charge in [-0.05, 0) is 29.7 Å². The molecule has 3 heterocycles. The van der Waals surface area contributed by atoms with Gasteiger partial charge >= 0.3 is 0 Å². The number of piperidine rings is 1.